The predicted octanol–water partition coefficient (Wildman–Crippen LogP) is 4.00. The third-order valence-corrected chi connectivity index (χ3v) is 1.93. The molecule has 18 heavy (non-hydrogen) atoms. The summed E-state index contributed by atoms with van der Waals surface area (Å²) in [5.41, 5.74) is 0. The molecule has 1 aromatic carbocycles. The Labute approximate surface area is 128 Å². The number of phenolic OH excluding ortho intramolecular Hbond substituents is 1. The van der Waals surface area contributed by atoms with E-state index < -0.39 is 0 Å². The number of rotatable bonds is 0. The summed E-state index contributed by atoms with van der Waals surface area (Å²) in [6.45, 7) is 0. The average molecular weight is 316 g/mol. The summed E-state index contributed by atoms with van der Waals surface area (Å²) in [6, 6.07) is 8.71. The molecular formula is C16H16OZr. The number of aromatic hydroxyl groups is 1. The van der Waals surface area contributed by atoms with Gasteiger partial charge in [-0.2, -0.15) is 12.2 Å². The second-order valence-corrected chi connectivity index (χ2v) is 3.34. The van der Waals surface area contributed by atoms with Crippen molar-refractivity contribution >= 4 is 0 Å². The molecule has 0 heterocycles. The van der Waals surface area contributed by atoms with Crippen LogP contribution in [0.3, 0.4) is 0 Å². The normalized spacial score (nSPS) is 13.1. The molecule has 0 bridgehead atoms. The molecule has 0 saturated heterocycles. The molecular weight excluding hydrogens is 299 g/mol. The molecule has 0 radical (unpaired) electrons. The minimum absolute atomic E-state index is 0. The largest absolute Gasteiger partial charge is 2.00 e. The van der Waals surface area contributed by atoms with Crippen molar-refractivity contribution in [3.05, 3.63) is 78.9 Å². The monoisotopic (exact) mass is 314 g/mol. The molecule has 2 heteroatoms. The molecule has 1 N–H and O–H groups in total. The molecule has 3 rings (SSSR count). The fourth-order valence-electron chi connectivity index (χ4n) is 1.11. The summed E-state index contributed by atoms with van der Waals surface area (Å²) in [5, 5.41) is 8.63. The van der Waals surface area contributed by atoms with Crippen LogP contribution in [0.25, 0.3) is 0 Å². The fraction of sp³-hybridized carbons (Fsp3) is 0.125. The number of hydrogen-bond acceptors (Lipinski definition) is 1. The maximum Gasteiger partial charge on any atom is 2.00 e. The summed E-state index contributed by atoms with van der Waals surface area (Å²) in [7, 11) is 0. The van der Waals surface area contributed by atoms with E-state index in [1.165, 1.54) is 0 Å². The number of allylic oxidation sites excluding steroid dienone is 8. The van der Waals surface area contributed by atoms with Crippen molar-refractivity contribution < 1.29 is 31.3 Å². The molecule has 0 aliphatic heterocycles. The van der Waals surface area contributed by atoms with Crippen molar-refractivity contribution in [3.8, 4) is 5.75 Å². The van der Waals surface area contributed by atoms with E-state index in [4.69, 9.17) is 5.11 Å². The molecule has 0 atom stereocenters. The van der Waals surface area contributed by atoms with Crippen molar-refractivity contribution in [2.75, 3.05) is 0 Å². The quantitative estimate of drug-likeness (QED) is 0.718. The number of phenols is 1. The zero-order valence-electron chi connectivity index (χ0n) is 10.2. The number of para-hydroxylation sites is 1. The number of hydrogen-bond donors (Lipinski definition) is 1. The van der Waals surface area contributed by atoms with Crippen LogP contribution in [0.15, 0.2) is 66.8 Å². The number of benzene rings is 1. The van der Waals surface area contributed by atoms with E-state index in [1.807, 2.05) is 30.4 Å². The van der Waals surface area contributed by atoms with Crippen LogP contribution in [0.4, 0.5) is 0 Å². The minimum atomic E-state index is 0. The molecule has 0 spiro atoms. The summed E-state index contributed by atoms with van der Waals surface area (Å²) in [6.07, 6.45) is 20.0. The Hall–Kier alpha value is -1.14. The summed E-state index contributed by atoms with van der Waals surface area (Å²) < 4.78 is 0. The molecule has 2 aliphatic carbocycles. The predicted molar refractivity (Wildman–Crippen MR) is 71.2 cm³/mol. The smallest absolute Gasteiger partial charge is 0.508 e. The van der Waals surface area contributed by atoms with Crippen LogP contribution >= 0.6 is 0 Å². The maximum atomic E-state index is 8.63. The molecule has 0 fully saturated rings. The van der Waals surface area contributed by atoms with Gasteiger partial charge in [0, 0.05) is 0 Å². The van der Waals surface area contributed by atoms with Gasteiger partial charge in [-0.1, -0.05) is 18.2 Å². The van der Waals surface area contributed by atoms with Crippen LogP contribution in [-0.2, 0) is 26.2 Å². The Morgan fingerprint density at radius 3 is 1.50 bits per heavy atom. The standard InChI is InChI=1S/C6H6O.2C5H5.Zr/c7-6-4-2-1-3-5-6;2*1-2-4-5-3-1;/h1-5,7H;2*1-3H,4H2;/q;2*-1;+2. The van der Waals surface area contributed by atoms with Gasteiger partial charge in [-0.3, -0.25) is 12.2 Å². The van der Waals surface area contributed by atoms with Gasteiger partial charge in [-0.15, -0.1) is 12.8 Å². The van der Waals surface area contributed by atoms with Crippen LogP contribution in [0, 0.1) is 12.2 Å². The van der Waals surface area contributed by atoms with Crippen LogP contribution in [-0.4, -0.2) is 5.11 Å². The van der Waals surface area contributed by atoms with E-state index in [9.17, 15) is 0 Å². The van der Waals surface area contributed by atoms with Crippen molar-refractivity contribution in [1.29, 1.82) is 0 Å². The minimum Gasteiger partial charge on any atom is -0.508 e. The molecule has 0 saturated carbocycles. The Balaban J connectivity index is 0.000000239. The maximum absolute atomic E-state index is 8.63. The van der Waals surface area contributed by atoms with E-state index in [1.54, 1.807) is 24.3 Å². The fourth-order valence-corrected chi connectivity index (χ4v) is 1.11. The molecule has 1 nitrogen and oxygen atoms in total. The molecule has 0 amide bonds. The Bertz CT molecular complexity index is 360. The van der Waals surface area contributed by atoms with Crippen molar-refractivity contribution in [2.45, 2.75) is 12.8 Å². The first-order valence-corrected chi connectivity index (χ1v) is 5.57. The van der Waals surface area contributed by atoms with Crippen LogP contribution < -0.4 is 0 Å². The van der Waals surface area contributed by atoms with Gasteiger partial charge < -0.3 is 5.11 Å². The topological polar surface area (TPSA) is 20.2 Å². The average Bonchev–Trinajstić information content (AvgIpc) is 3.09. The van der Waals surface area contributed by atoms with Gasteiger partial charge in [-0.05, 0) is 12.1 Å². The van der Waals surface area contributed by atoms with E-state index in [0.29, 0.717) is 5.75 Å². The molecule has 0 unspecified atom stereocenters. The first-order valence-electron chi connectivity index (χ1n) is 5.57. The Kier molecular flexibility index (Phi) is 11.5. The second-order valence-electron chi connectivity index (χ2n) is 3.34. The van der Waals surface area contributed by atoms with Gasteiger partial charge >= 0.3 is 26.2 Å². The van der Waals surface area contributed by atoms with E-state index in [-0.39, 0.29) is 26.2 Å². The SMILES string of the molecule is Oc1ccccc1.[C-]1=CC=CC1.[C-]1=CC=CC1.[Zr+2]. The van der Waals surface area contributed by atoms with Gasteiger partial charge in [0.15, 0.2) is 0 Å². The zero-order chi connectivity index (χ0) is 12.2. The summed E-state index contributed by atoms with van der Waals surface area (Å²) in [5.74, 6) is 0.322. The van der Waals surface area contributed by atoms with Gasteiger partial charge in [0.25, 0.3) is 0 Å². The van der Waals surface area contributed by atoms with Crippen LogP contribution in [0.5, 0.6) is 5.75 Å². The summed E-state index contributed by atoms with van der Waals surface area (Å²) >= 11 is 0. The zero-order valence-corrected chi connectivity index (χ0v) is 12.7. The second kappa shape index (κ2) is 12.3. The first-order chi connectivity index (χ1) is 8.39. The van der Waals surface area contributed by atoms with Crippen molar-refractivity contribution in [3.63, 3.8) is 0 Å². The Morgan fingerprint density at radius 1 is 0.833 bits per heavy atom. The first kappa shape index (κ1) is 16.9. The summed E-state index contributed by atoms with van der Waals surface area (Å²) in [4.78, 5) is 0. The van der Waals surface area contributed by atoms with Crippen molar-refractivity contribution in [2.24, 2.45) is 0 Å². The molecule has 90 valence electrons. The van der Waals surface area contributed by atoms with Gasteiger partial charge in [-0.25, -0.2) is 24.3 Å². The van der Waals surface area contributed by atoms with E-state index in [0.717, 1.165) is 12.8 Å². The van der Waals surface area contributed by atoms with Gasteiger partial charge in [0.2, 0.25) is 0 Å². The van der Waals surface area contributed by atoms with Crippen LogP contribution in [0.2, 0.25) is 0 Å². The third-order valence-electron chi connectivity index (χ3n) is 1.93. The molecule has 2 aliphatic rings. The van der Waals surface area contributed by atoms with E-state index >= 15 is 0 Å². The molecule has 0 aromatic heterocycles. The van der Waals surface area contributed by atoms with Gasteiger partial charge in [0.1, 0.15) is 5.75 Å². The third kappa shape index (κ3) is 10.0. The van der Waals surface area contributed by atoms with Gasteiger partial charge in [0.05, 0.1) is 0 Å². The molecule has 1 aromatic rings. The Morgan fingerprint density at radius 2 is 1.33 bits per heavy atom. The van der Waals surface area contributed by atoms with Crippen LogP contribution in [0.1, 0.15) is 12.8 Å². The van der Waals surface area contributed by atoms with Crippen molar-refractivity contribution in [1.82, 2.24) is 0 Å². The van der Waals surface area contributed by atoms with E-state index in [2.05, 4.69) is 24.3 Å².